The lowest BCUT2D eigenvalue weighted by molar-refractivity contribution is 0.0584. The van der Waals surface area contributed by atoms with Crippen molar-refractivity contribution in [3.05, 3.63) is 33.8 Å². The van der Waals surface area contributed by atoms with Crippen molar-refractivity contribution in [1.82, 2.24) is 0 Å². The SMILES string of the molecule is Cc1cc(Cl)c(C(N)C2CCOCC2)cc1C. The molecule has 0 amide bonds. The Morgan fingerprint density at radius 2 is 1.82 bits per heavy atom. The zero-order valence-corrected chi connectivity index (χ0v) is 11.3. The highest BCUT2D eigenvalue weighted by molar-refractivity contribution is 6.31. The third-order valence-corrected chi connectivity index (χ3v) is 4.07. The van der Waals surface area contributed by atoms with Gasteiger partial charge in [-0.05, 0) is 55.4 Å². The van der Waals surface area contributed by atoms with Gasteiger partial charge in [-0.15, -0.1) is 0 Å². The van der Waals surface area contributed by atoms with Crippen LogP contribution in [-0.2, 0) is 4.74 Å². The van der Waals surface area contributed by atoms with Crippen molar-refractivity contribution >= 4 is 11.6 Å². The Kier molecular flexibility index (Phi) is 4.08. The molecule has 1 atom stereocenters. The number of benzene rings is 1. The van der Waals surface area contributed by atoms with Crippen molar-refractivity contribution < 1.29 is 4.74 Å². The van der Waals surface area contributed by atoms with E-state index in [2.05, 4.69) is 19.9 Å². The minimum Gasteiger partial charge on any atom is -0.381 e. The molecular formula is C14H20ClNO. The van der Waals surface area contributed by atoms with Crippen LogP contribution in [0.4, 0.5) is 0 Å². The largest absolute Gasteiger partial charge is 0.381 e. The summed E-state index contributed by atoms with van der Waals surface area (Å²) in [5.41, 5.74) is 9.91. The molecular weight excluding hydrogens is 234 g/mol. The van der Waals surface area contributed by atoms with Gasteiger partial charge in [-0.1, -0.05) is 17.7 Å². The lowest BCUT2D eigenvalue weighted by atomic mass is 9.87. The molecule has 0 bridgehead atoms. The summed E-state index contributed by atoms with van der Waals surface area (Å²) in [6.45, 7) is 5.82. The van der Waals surface area contributed by atoms with E-state index < -0.39 is 0 Å². The van der Waals surface area contributed by atoms with Crippen molar-refractivity contribution in [2.75, 3.05) is 13.2 Å². The number of aryl methyl sites for hydroxylation is 2. The molecule has 1 aliphatic heterocycles. The van der Waals surface area contributed by atoms with Crippen LogP contribution in [-0.4, -0.2) is 13.2 Å². The second-order valence-electron chi connectivity index (χ2n) is 4.93. The van der Waals surface area contributed by atoms with Crippen molar-refractivity contribution in [2.45, 2.75) is 32.7 Å². The molecule has 1 unspecified atom stereocenters. The molecule has 0 radical (unpaired) electrons. The summed E-state index contributed by atoms with van der Waals surface area (Å²) in [5, 5.41) is 0.798. The van der Waals surface area contributed by atoms with Gasteiger partial charge in [0.25, 0.3) is 0 Å². The van der Waals surface area contributed by atoms with Crippen molar-refractivity contribution in [3.63, 3.8) is 0 Å². The van der Waals surface area contributed by atoms with Crippen LogP contribution in [0.2, 0.25) is 5.02 Å². The second kappa shape index (κ2) is 5.38. The number of hydrogen-bond donors (Lipinski definition) is 1. The molecule has 0 aliphatic carbocycles. The van der Waals surface area contributed by atoms with Gasteiger partial charge in [0.15, 0.2) is 0 Å². The summed E-state index contributed by atoms with van der Waals surface area (Å²) in [5.74, 6) is 0.489. The summed E-state index contributed by atoms with van der Waals surface area (Å²) in [6, 6.07) is 4.19. The molecule has 0 saturated carbocycles. The first kappa shape index (κ1) is 12.9. The maximum Gasteiger partial charge on any atom is 0.0469 e. The Bertz CT molecular complexity index is 399. The van der Waals surface area contributed by atoms with Gasteiger partial charge in [-0.25, -0.2) is 0 Å². The monoisotopic (exact) mass is 253 g/mol. The Morgan fingerprint density at radius 1 is 1.24 bits per heavy atom. The van der Waals surface area contributed by atoms with E-state index in [1.54, 1.807) is 0 Å². The molecule has 2 nitrogen and oxygen atoms in total. The van der Waals surface area contributed by atoms with Gasteiger partial charge in [-0.2, -0.15) is 0 Å². The number of nitrogens with two attached hydrogens (primary N) is 1. The van der Waals surface area contributed by atoms with Crippen LogP contribution in [0.3, 0.4) is 0 Å². The summed E-state index contributed by atoms with van der Waals surface area (Å²) >= 11 is 6.30. The average Bonchev–Trinajstić information content (AvgIpc) is 2.34. The summed E-state index contributed by atoms with van der Waals surface area (Å²) in [4.78, 5) is 0. The van der Waals surface area contributed by atoms with Crippen LogP contribution in [0, 0.1) is 19.8 Å². The zero-order chi connectivity index (χ0) is 12.4. The third-order valence-electron chi connectivity index (χ3n) is 3.75. The van der Waals surface area contributed by atoms with E-state index in [1.165, 1.54) is 11.1 Å². The number of halogens is 1. The quantitative estimate of drug-likeness (QED) is 0.877. The van der Waals surface area contributed by atoms with E-state index in [4.69, 9.17) is 22.1 Å². The number of rotatable bonds is 2. The molecule has 1 saturated heterocycles. The molecule has 1 aromatic rings. The maximum atomic E-state index is 6.35. The van der Waals surface area contributed by atoms with E-state index in [9.17, 15) is 0 Å². The van der Waals surface area contributed by atoms with Crippen molar-refractivity contribution in [1.29, 1.82) is 0 Å². The molecule has 17 heavy (non-hydrogen) atoms. The van der Waals surface area contributed by atoms with E-state index in [-0.39, 0.29) is 6.04 Å². The molecule has 1 fully saturated rings. The Hall–Kier alpha value is -0.570. The lowest BCUT2D eigenvalue weighted by Gasteiger charge is -2.28. The van der Waals surface area contributed by atoms with Crippen LogP contribution < -0.4 is 5.73 Å². The molecule has 94 valence electrons. The van der Waals surface area contributed by atoms with E-state index in [0.29, 0.717) is 5.92 Å². The standard InChI is InChI=1S/C14H20ClNO/c1-9-7-12(13(15)8-10(9)2)14(16)11-3-5-17-6-4-11/h7-8,11,14H,3-6,16H2,1-2H3. The second-order valence-corrected chi connectivity index (χ2v) is 5.34. The van der Waals surface area contributed by atoms with Crippen LogP contribution in [0.5, 0.6) is 0 Å². The summed E-state index contributed by atoms with van der Waals surface area (Å²) in [6.07, 6.45) is 2.06. The van der Waals surface area contributed by atoms with Gasteiger partial charge in [0.1, 0.15) is 0 Å². The zero-order valence-electron chi connectivity index (χ0n) is 10.5. The van der Waals surface area contributed by atoms with Gasteiger partial charge in [0.2, 0.25) is 0 Å². The van der Waals surface area contributed by atoms with E-state index in [0.717, 1.165) is 36.6 Å². The molecule has 3 heteroatoms. The third kappa shape index (κ3) is 2.82. The first-order valence-corrected chi connectivity index (χ1v) is 6.57. The van der Waals surface area contributed by atoms with Crippen LogP contribution in [0.25, 0.3) is 0 Å². The number of ether oxygens (including phenoxy) is 1. The van der Waals surface area contributed by atoms with Gasteiger partial charge in [0.05, 0.1) is 0 Å². The van der Waals surface area contributed by atoms with Crippen LogP contribution in [0.1, 0.15) is 35.6 Å². The number of hydrogen-bond acceptors (Lipinski definition) is 2. The highest BCUT2D eigenvalue weighted by Crippen LogP contribution is 2.33. The summed E-state index contributed by atoms with van der Waals surface area (Å²) < 4.78 is 5.37. The van der Waals surface area contributed by atoms with Crippen LogP contribution in [0.15, 0.2) is 12.1 Å². The average molecular weight is 254 g/mol. The fraction of sp³-hybridized carbons (Fsp3) is 0.571. The highest BCUT2D eigenvalue weighted by Gasteiger charge is 2.24. The fourth-order valence-corrected chi connectivity index (χ4v) is 2.73. The van der Waals surface area contributed by atoms with Gasteiger partial charge in [-0.3, -0.25) is 0 Å². The molecule has 0 spiro atoms. The molecule has 0 aromatic heterocycles. The minimum atomic E-state index is 0.0331. The topological polar surface area (TPSA) is 35.2 Å². The maximum absolute atomic E-state index is 6.35. The van der Waals surface area contributed by atoms with Gasteiger partial charge < -0.3 is 10.5 Å². The summed E-state index contributed by atoms with van der Waals surface area (Å²) in [7, 11) is 0. The van der Waals surface area contributed by atoms with Crippen molar-refractivity contribution in [3.8, 4) is 0 Å². The first-order chi connectivity index (χ1) is 8.09. The molecule has 2 rings (SSSR count). The van der Waals surface area contributed by atoms with Gasteiger partial charge >= 0.3 is 0 Å². The molecule has 1 heterocycles. The lowest BCUT2D eigenvalue weighted by Crippen LogP contribution is -2.27. The normalized spacial score (nSPS) is 19.3. The van der Waals surface area contributed by atoms with E-state index in [1.807, 2.05) is 6.07 Å². The fourth-order valence-electron chi connectivity index (χ4n) is 2.39. The highest BCUT2D eigenvalue weighted by atomic mass is 35.5. The smallest absolute Gasteiger partial charge is 0.0469 e. The predicted molar refractivity (Wildman–Crippen MR) is 71.4 cm³/mol. The first-order valence-electron chi connectivity index (χ1n) is 6.19. The Labute approximate surface area is 108 Å². The van der Waals surface area contributed by atoms with Crippen LogP contribution >= 0.6 is 11.6 Å². The Morgan fingerprint density at radius 3 is 2.47 bits per heavy atom. The minimum absolute atomic E-state index is 0.0331. The molecule has 1 aromatic carbocycles. The van der Waals surface area contributed by atoms with Gasteiger partial charge in [0, 0.05) is 24.3 Å². The molecule has 1 aliphatic rings. The Balaban J connectivity index is 2.23. The van der Waals surface area contributed by atoms with Crippen molar-refractivity contribution in [2.24, 2.45) is 11.7 Å². The predicted octanol–water partition coefficient (Wildman–Crippen LogP) is 3.38. The molecule has 2 N–H and O–H groups in total. The van der Waals surface area contributed by atoms with E-state index >= 15 is 0 Å².